The molecule has 100 valence electrons. The van der Waals surface area contributed by atoms with E-state index in [2.05, 4.69) is 49.4 Å². The van der Waals surface area contributed by atoms with Crippen LogP contribution in [-0.4, -0.2) is 14.1 Å². The maximum absolute atomic E-state index is 5.93. The molecule has 0 unspecified atom stereocenters. The Hall–Kier alpha value is -2.16. The van der Waals surface area contributed by atoms with Crippen molar-refractivity contribution in [3.63, 3.8) is 0 Å². The lowest BCUT2D eigenvalue weighted by atomic mass is 10.1. The molecule has 0 heterocycles. The minimum absolute atomic E-state index is 0.810. The van der Waals surface area contributed by atoms with Crippen molar-refractivity contribution in [2.75, 3.05) is 30.0 Å². The van der Waals surface area contributed by atoms with Crippen molar-refractivity contribution in [1.29, 1.82) is 0 Å². The van der Waals surface area contributed by atoms with Gasteiger partial charge in [-0.15, -0.1) is 0 Å². The van der Waals surface area contributed by atoms with Gasteiger partial charge >= 0.3 is 0 Å². The number of anilines is 4. The third-order valence-corrected chi connectivity index (χ3v) is 3.35. The molecule has 0 bridgehead atoms. The highest BCUT2D eigenvalue weighted by Crippen LogP contribution is 2.28. The molecule has 0 spiro atoms. The van der Waals surface area contributed by atoms with E-state index in [0.29, 0.717) is 0 Å². The average Bonchev–Trinajstić information content (AvgIpc) is 2.37. The molecular formula is C16H21N3. The zero-order valence-corrected chi connectivity index (χ0v) is 12.0. The topological polar surface area (TPSA) is 41.3 Å². The minimum Gasteiger partial charge on any atom is -0.398 e. The van der Waals surface area contributed by atoms with Crippen LogP contribution in [0.25, 0.3) is 0 Å². The molecular weight excluding hydrogens is 234 g/mol. The van der Waals surface area contributed by atoms with Gasteiger partial charge in [-0.3, -0.25) is 0 Å². The van der Waals surface area contributed by atoms with E-state index in [1.807, 2.05) is 25.1 Å². The Morgan fingerprint density at radius 1 is 1.05 bits per heavy atom. The maximum atomic E-state index is 5.93. The first-order valence-corrected chi connectivity index (χ1v) is 6.39. The number of rotatable bonds is 3. The van der Waals surface area contributed by atoms with E-state index >= 15 is 0 Å². The first-order chi connectivity index (χ1) is 8.99. The molecule has 0 saturated heterocycles. The van der Waals surface area contributed by atoms with Crippen LogP contribution in [0.2, 0.25) is 0 Å². The molecule has 0 aromatic heterocycles. The summed E-state index contributed by atoms with van der Waals surface area (Å²) in [6.07, 6.45) is 0. The fraction of sp³-hybridized carbons (Fsp3) is 0.250. The van der Waals surface area contributed by atoms with Crippen molar-refractivity contribution in [3.8, 4) is 0 Å². The molecule has 3 N–H and O–H groups in total. The first-order valence-electron chi connectivity index (χ1n) is 6.39. The van der Waals surface area contributed by atoms with Gasteiger partial charge in [0.1, 0.15) is 0 Å². The molecule has 3 nitrogen and oxygen atoms in total. The van der Waals surface area contributed by atoms with Crippen LogP contribution in [0.4, 0.5) is 22.7 Å². The second-order valence-corrected chi connectivity index (χ2v) is 5.04. The van der Waals surface area contributed by atoms with Gasteiger partial charge in [0.05, 0.1) is 0 Å². The van der Waals surface area contributed by atoms with Gasteiger partial charge in [-0.2, -0.15) is 0 Å². The van der Waals surface area contributed by atoms with Gasteiger partial charge < -0.3 is 16.0 Å². The van der Waals surface area contributed by atoms with E-state index in [4.69, 9.17) is 5.73 Å². The number of nitrogens with one attached hydrogen (secondary N) is 1. The Morgan fingerprint density at radius 2 is 1.79 bits per heavy atom. The Labute approximate surface area is 115 Å². The molecule has 0 atom stereocenters. The van der Waals surface area contributed by atoms with Crippen LogP contribution in [0, 0.1) is 13.8 Å². The van der Waals surface area contributed by atoms with Gasteiger partial charge in [-0.1, -0.05) is 12.1 Å². The summed E-state index contributed by atoms with van der Waals surface area (Å²) in [7, 11) is 4.11. The second kappa shape index (κ2) is 5.22. The number of benzene rings is 2. The third-order valence-electron chi connectivity index (χ3n) is 3.35. The fourth-order valence-electron chi connectivity index (χ4n) is 2.11. The molecule has 0 saturated carbocycles. The lowest BCUT2D eigenvalue weighted by Crippen LogP contribution is -2.10. The average molecular weight is 255 g/mol. The molecule has 0 fully saturated rings. The van der Waals surface area contributed by atoms with E-state index in [9.17, 15) is 0 Å². The van der Waals surface area contributed by atoms with Gasteiger partial charge in [0, 0.05) is 36.8 Å². The molecule has 2 aromatic rings. The molecule has 2 aromatic carbocycles. The number of aryl methyl sites for hydroxylation is 1. The van der Waals surface area contributed by atoms with Crippen molar-refractivity contribution >= 4 is 22.7 Å². The van der Waals surface area contributed by atoms with Gasteiger partial charge in [0.15, 0.2) is 0 Å². The number of nitrogen functional groups attached to an aromatic ring is 1. The molecule has 0 amide bonds. The summed E-state index contributed by atoms with van der Waals surface area (Å²) in [5.74, 6) is 0. The predicted octanol–water partition coefficient (Wildman–Crippen LogP) is 3.70. The van der Waals surface area contributed by atoms with Crippen LogP contribution in [0.1, 0.15) is 11.1 Å². The molecule has 3 heteroatoms. The highest BCUT2D eigenvalue weighted by Gasteiger charge is 2.05. The Kier molecular flexibility index (Phi) is 3.65. The lowest BCUT2D eigenvalue weighted by Gasteiger charge is -2.18. The maximum Gasteiger partial charge on any atom is 0.0434 e. The highest BCUT2D eigenvalue weighted by atomic mass is 15.1. The summed E-state index contributed by atoms with van der Waals surface area (Å²) in [6.45, 7) is 4.14. The van der Waals surface area contributed by atoms with Crippen LogP contribution in [-0.2, 0) is 0 Å². The van der Waals surface area contributed by atoms with Crippen LogP contribution < -0.4 is 16.0 Å². The first kappa shape index (κ1) is 13.3. The minimum atomic E-state index is 0.810. The van der Waals surface area contributed by atoms with Crippen LogP contribution >= 0.6 is 0 Å². The standard InChI is InChI=1S/C16H21N3/c1-11-8-9-13(10-16(11)19(3)4)18-15-7-5-6-14(17)12(15)2/h5-10,18H,17H2,1-4H3. The van der Waals surface area contributed by atoms with Gasteiger partial charge in [-0.25, -0.2) is 0 Å². The van der Waals surface area contributed by atoms with Gasteiger partial charge in [-0.05, 0) is 49.2 Å². The summed E-state index contributed by atoms with van der Waals surface area (Å²) in [5, 5.41) is 3.43. The van der Waals surface area contributed by atoms with E-state index in [0.717, 1.165) is 22.6 Å². The normalized spacial score (nSPS) is 10.3. The molecule has 2 rings (SSSR count). The molecule has 0 aliphatic heterocycles. The van der Waals surface area contributed by atoms with Crippen molar-refractivity contribution in [3.05, 3.63) is 47.5 Å². The summed E-state index contributed by atoms with van der Waals surface area (Å²) in [5.41, 5.74) is 12.4. The number of nitrogens with two attached hydrogens (primary N) is 1. The van der Waals surface area contributed by atoms with Crippen molar-refractivity contribution in [2.45, 2.75) is 13.8 Å². The van der Waals surface area contributed by atoms with Crippen LogP contribution in [0.3, 0.4) is 0 Å². The van der Waals surface area contributed by atoms with Crippen LogP contribution in [0.5, 0.6) is 0 Å². The monoisotopic (exact) mass is 255 g/mol. The zero-order chi connectivity index (χ0) is 14.0. The molecule has 0 aliphatic carbocycles. The van der Waals surface area contributed by atoms with Crippen LogP contribution in [0.15, 0.2) is 36.4 Å². The van der Waals surface area contributed by atoms with Crippen molar-refractivity contribution in [1.82, 2.24) is 0 Å². The fourth-order valence-corrected chi connectivity index (χ4v) is 2.11. The summed E-state index contributed by atoms with van der Waals surface area (Å²) in [4.78, 5) is 2.12. The summed E-state index contributed by atoms with van der Waals surface area (Å²) >= 11 is 0. The summed E-state index contributed by atoms with van der Waals surface area (Å²) in [6, 6.07) is 12.3. The number of nitrogens with zero attached hydrogens (tertiary/aromatic N) is 1. The highest BCUT2D eigenvalue weighted by molar-refractivity contribution is 5.72. The Bertz CT molecular complexity index is 589. The van der Waals surface area contributed by atoms with Crippen molar-refractivity contribution in [2.24, 2.45) is 0 Å². The second-order valence-electron chi connectivity index (χ2n) is 5.04. The van der Waals surface area contributed by atoms with Gasteiger partial charge in [0.25, 0.3) is 0 Å². The Balaban J connectivity index is 2.34. The lowest BCUT2D eigenvalue weighted by molar-refractivity contribution is 1.11. The smallest absolute Gasteiger partial charge is 0.0434 e. The van der Waals surface area contributed by atoms with E-state index in [-0.39, 0.29) is 0 Å². The van der Waals surface area contributed by atoms with E-state index in [1.54, 1.807) is 0 Å². The third kappa shape index (κ3) is 2.81. The number of hydrogen-bond donors (Lipinski definition) is 2. The SMILES string of the molecule is Cc1ccc(Nc2cccc(N)c2C)cc1N(C)C. The molecule has 0 radical (unpaired) electrons. The van der Waals surface area contributed by atoms with Gasteiger partial charge in [0.2, 0.25) is 0 Å². The van der Waals surface area contributed by atoms with E-state index < -0.39 is 0 Å². The molecule has 0 aliphatic rings. The zero-order valence-electron chi connectivity index (χ0n) is 12.0. The largest absolute Gasteiger partial charge is 0.398 e. The quantitative estimate of drug-likeness (QED) is 0.822. The van der Waals surface area contributed by atoms with Crippen molar-refractivity contribution < 1.29 is 0 Å². The van der Waals surface area contributed by atoms with E-state index in [1.165, 1.54) is 11.3 Å². The number of hydrogen-bond acceptors (Lipinski definition) is 3. The predicted molar refractivity (Wildman–Crippen MR) is 84.4 cm³/mol. The molecule has 19 heavy (non-hydrogen) atoms. The summed E-state index contributed by atoms with van der Waals surface area (Å²) < 4.78 is 0. The Morgan fingerprint density at radius 3 is 2.47 bits per heavy atom.